The van der Waals surface area contributed by atoms with Crippen LogP contribution in [0.2, 0.25) is 0 Å². The fourth-order valence-corrected chi connectivity index (χ4v) is 14.0. The molecule has 0 saturated carbocycles. The molecular formula is C66H42B2N4OS. The van der Waals surface area contributed by atoms with Crippen LogP contribution in [-0.2, 0) is 0 Å². The molecule has 12 aromatic rings. The third-order valence-electron chi connectivity index (χ3n) is 15.6. The molecule has 0 fully saturated rings. The molecule has 0 radical (unpaired) electrons. The Labute approximate surface area is 434 Å². The first-order valence-corrected chi connectivity index (χ1v) is 26.2. The monoisotopic (exact) mass is 960 g/mol. The van der Waals surface area contributed by atoms with E-state index in [1.807, 2.05) is 11.8 Å². The van der Waals surface area contributed by atoms with E-state index < -0.39 is 0 Å². The molecular weight excluding hydrogens is 918 g/mol. The Morgan fingerprint density at radius 3 is 1.57 bits per heavy atom. The van der Waals surface area contributed by atoms with Crippen LogP contribution in [0.4, 0.5) is 51.2 Å². The molecule has 4 aliphatic heterocycles. The van der Waals surface area contributed by atoms with Gasteiger partial charge in [-0.15, -0.1) is 0 Å². The van der Waals surface area contributed by atoms with Gasteiger partial charge in [-0.05, 0) is 124 Å². The van der Waals surface area contributed by atoms with Crippen molar-refractivity contribution in [2.75, 3.05) is 14.7 Å². The maximum absolute atomic E-state index is 7.09. The van der Waals surface area contributed by atoms with Gasteiger partial charge in [0, 0.05) is 72.1 Å². The van der Waals surface area contributed by atoms with Gasteiger partial charge < -0.3 is 24.0 Å². The molecule has 0 spiro atoms. The van der Waals surface area contributed by atoms with Crippen molar-refractivity contribution in [3.05, 3.63) is 255 Å². The van der Waals surface area contributed by atoms with Gasteiger partial charge in [0.05, 0.1) is 22.4 Å². The van der Waals surface area contributed by atoms with Gasteiger partial charge in [-0.2, -0.15) is 0 Å². The van der Waals surface area contributed by atoms with Crippen LogP contribution in [0.1, 0.15) is 0 Å². The highest BCUT2D eigenvalue weighted by molar-refractivity contribution is 8.00. The third kappa shape index (κ3) is 6.03. The minimum absolute atomic E-state index is 0.0619. The Kier molecular flexibility index (Phi) is 9.09. The van der Waals surface area contributed by atoms with E-state index in [0.717, 1.165) is 51.3 Å². The summed E-state index contributed by atoms with van der Waals surface area (Å²) in [5, 5.41) is 2.55. The molecule has 8 heteroatoms. The number of benzene rings is 11. The van der Waals surface area contributed by atoms with Gasteiger partial charge in [0.1, 0.15) is 11.5 Å². The summed E-state index contributed by atoms with van der Waals surface area (Å²) in [4.78, 5) is 9.78. The van der Waals surface area contributed by atoms with Crippen molar-refractivity contribution in [1.82, 2.24) is 4.57 Å². The molecule has 74 heavy (non-hydrogen) atoms. The van der Waals surface area contributed by atoms with Gasteiger partial charge in [0.2, 0.25) is 0 Å². The molecule has 0 atom stereocenters. The topological polar surface area (TPSA) is 23.9 Å². The molecule has 5 heterocycles. The number of aromatic nitrogens is 1. The quantitative estimate of drug-likeness (QED) is 0.148. The minimum atomic E-state index is -0.0645. The first-order chi connectivity index (χ1) is 36.7. The minimum Gasteiger partial charge on any atom is -0.458 e. The van der Waals surface area contributed by atoms with E-state index in [1.54, 1.807) is 0 Å². The van der Waals surface area contributed by atoms with Crippen LogP contribution in [0.3, 0.4) is 0 Å². The molecule has 4 aliphatic rings. The summed E-state index contributed by atoms with van der Waals surface area (Å²) in [6, 6.07) is 93.1. The van der Waals surface area contributed by atoms with Crippen LogP contribution in [0.25, 0.3) is 27.5 Å². The highest BCUT2D eigenvalue weighted by Crippen LogP contribution is 2.50. The van der Waals surface area contributed by atoms with Crippen molar-refractivity contribution < 1.29 is 4.74 Å². The zero-order chi connectivity index (χ0) is 48.4. The number of hydrogen-bond acceptors (Lipinski definition) is 5. The average Bonchev–Trinajstić information content (AvgIpc) is 3.97. The number of fused-ring (bicyclic) bond motifs is 12. The third-order valence-corrected chi connectivity index (χ3v) is 16.8. The van der Waals surface area contributed by atoms with Crippen LogP contribution in [0.15, 0.2) is 265 Å². The number of anilines is 9. The predicted molar refractivity (Wildman–Crippen MR) is 311 cm³/mol. The Morgan fingerprint density at radius 2 is 0.905 bits per heavy atom. The Balaban J connectivity index is 1.01. The maximum atomic E-state index is 7.09. The Morgan fingerprint density at radius 1 is 0.378 bits per heavy atom. The molecule has 0 amide bonds. The van der Waals surface area contributed by atoms with Crippen LogP contribution in [-0.4, -0.2) is 18.0 Å². The molecule has 16 rings (SSSR count). The van der Waals surface area contributed by atoms with Gasteiger partial charge >= 0.3 is 0 Å². The highest BCUT2D eigenvalue weighted by Gasteiger charge is 2.47. The van der Waals surface area contributed by atoms with E-state index in [2.05, 4.69) is 274 Å². The van der Waals surface area contributed by atoms with Crippen LogP contribution in [0.5, 0.6) is 11.5 Å². The molecule has 5 nitrogen and oxygen atoms in total. The lowest BCUT2D eigenvalue weighted by atomic mass is 9.31. The van der Waals surface area contributed by atoms with E-state index in [1.165, 1.54) is 81.4 Å². The second-order valence-corrected chi connectivity index (χ2v) is 20.6. The van der Waals surface area contributed by atoms with Crippen molar-refractivity contribution in [1.29, 1.82) is 0 Å². The largest absolute Gasteiger partial charge is 0.458 e. The van der Waals surface area contributed by atoms with E-state index in [9.17, 15) is 0 Å². The fraction of sp³-hybridized carbons (Fsp3) is 0. The zero-order valence-corrected chi connectivity index (χ0v) is 40.8. The number of hydrogen-bond donors (Lipinski definition) is 0. The van der Waals surface area contributed by atoms with E-state index in [-0.39, 0.29) is 13.4 Å². The molecule has 344 valence electrons. The first-order valence-electron chi connectivity index (χ1n) is 25.4. The normalized spacial score (nSPS) is 13.1. The van der Waals surface area contributed by atoms with E-state index in [0.29, 0.717) is 0 Å². The van der Waals surface area contributed by atoms with Crippen LogP contribution in [0, 0.1) is 0 Å². The molecule has 1 aromatic heterocycles. The van der Waals surface area contributed by atoms with Crippen molar-refractivity contribution in [3.63, 3.8) is 0 Å². The molecule has 0 N–H and O–H groups in total. The first kappa shape index (κ1) is 41.5. The number of ether oxygens (including phenoxy) is 1. The zero-order valence-electron chi connectivity index (χ0n) is 40.0. The summed E-state index contributed by atoms with van der Waals surface area (Å²) in [7, 11) is 0. The SMILES string of the molecule is c1ccc(N(c2ccccc2)c2cc3c4c(c2)Sc2c(cc5c6c2c2ccccc2n6-c2cc(N(c6ccccc6)c6ccccc6)cc6c2B5c2ccccc2N6c2ccccc2)B4c2ccccc2O3)cc1. The highest BCUT2D eigenvalue weighted by atomic mass is 32.2. The molecule has 0 bridgehead atoms. The van der Waals surface area contributed by atoms with Crippen molar-refractivity contribution in [2.24, 2.45) is 0 Å². The lowest BCUT2D eigenvalue weighted by Gasteiger charge is -2.42. The van der Waals surface area contributed by atoms with Gasteiger partial charge in [-0.1, -0.05) is 169 Å². The van der Waals surface area contributed by atoms with Crippen molar-refractivity contribution in [3.8, 4) is 17.2 Å². The summed E-state index contributed by atoms with van der Waals surface area (Å²) in [5.74, 6) is 1.80. The number of rotatable bonds is 7. The summed E-state index contributed by atoms with van der Waals surface area (Å²) in [6.07, 6.45) is 0. The molecule has 0 unspecified atom stereocenters. The van der Waals surface area contributed by atoms with Crippen molar-refractivity contribution in [2.45, 2.75) is 9.79 Å². The van der Waals surface area contributed by atoms with Gasteiger partial charge in [0.15, 0.2) is 0 Å². The second-order valence-electron chi connectivity index (χ2n) is 19.6. The van der Waals surface area contributed by atoms with E-state index >= 15 is 0 Å². The molecule has 0 saturated heterocycles. The fourth-order valence-electron chi connectivity index (χ4n) is 12.7. The maximum Gasteiger partial charge on any atom is 0.253 e. The second kappa shape index (κ2) is 16.2. The Bertz CT molecular complexity index is 4150. The summed E-state index contributed by atoms with van der Waals surface area (Å²) < 4.78 is 9.70. The standard InChI is InChI=1S/C66H42B2N4OS/c1-6-22-43(23-7-1)69(44-24-8-2-9-25-44)48-38-57-63-58(39-48)72-55-35-19-16-32-50(55)62-65(72)53(67(63)51-33-17-20-36-56(51)71(57)47-30-14-5-15-31-47)42-54-66(62)74-61-41-49(40-60-64(61)68(54)52-34-18-21-37-59(52)73-60)70(45-26-10-3-11-27-45)46-28-12-4-13-29-46/h1-42H. The average molecular weight is 961 g/mol. The van der Waals surface area contributed by atoms with Gasteiger partial charge in [0.25, 0.3) is 13.4 Å². The van der Waals surface area contributed by atoms with Gasteiger partial charge in [-0.3, -0.25) is 0 Å². The van der Waals surface area contributed by atoms with Crippen LogP contribution >= 0.6 is 11.8 Å². The summed E-state index contributed by atoms with van der Waals surface area (Å²) in [5.41, 5.74) is 21.3. The predicted octanol–water partition coefficient (Wildman–Crippen LogP) is 13.4. The number of nitrogens with zero attached hydrogens (tertiary/aromatic N) is 4. The summed E-state index contributed by atoms with van der Waals surface area (Å²) >= 11 is 1.90. The molecule has 11 aromatic carbocycles. The van der Waals surface area contributed by atoms with Crippen molar-refractivity contribution >= 4 is 131 Å². The lowest BCUT2D eigenvalue weighted by Crippen LogP contribution is -2.63. The molecule has 0 aliphatic carbocycles. The number of para-hydroxylation sites is 8. The lowest BCUT2D eigenvalue weighted by molar-refractivity contribution is 0.486. The smallest absolute Gasteiger partial charge is 0.253 e. The summed E-state index contributed by atoms with van der Waals surface area (Å²) in [6.45, 7) is -0.126. The van der Waals surface area contributed by atoms with Crippen LogP contribution < -0.4 is 52.2 Å². The Hall–Kier alpha value is -9.10. The van der Waals surface area contributed by atoms with Gasteiger partial charge in [-0.25, -0.2) is 0 Å². The van der Waals surface area contributed by atoms with E-state index in [4.69, 9.17) is 4.74 Å².